The van der Waals surface area contributed by atoms with Crippen molar-refractivity contribution in [2.24, 2.45) is 5.92 Å². The summed E-state index contributed by atoms with van der Waals surface area (Å²) < 4.78 is 43.6. The first-order valence-corrected chi connectivity index (χ1v) is 9.12. The molecule has 2 atom stereocenters. The number of fused-ring (bicyclic) bond motifs is 1. The van der Waals surface area contributed by atoms with Gasteiger partial charge in [0.15, 0.2) is 0 Å². The summed E-state index contributed by atoms with van der Waals surface area (Å²) >= 11 is 0. The number of hydrogen-bond donors (Lipinski definition) is 0. The highest BCUT2D eigenvalue weighted by molar-refractivity contribution is 5.85. The van der Waals surface area contributed by atoms with Crippen LogP contribution in [0.5, 0.6) is 0 Å². The molecule has 1 aromatic rings. The second-order valence-corrected chi connectivity index (χ2v) is 7.13. The lowest BCUT2D eigenvalue weighted by Gasteiger charge is -2.27. The predicted octanol–water partition coefficient (Wildman–Crippen LogP) is 5.88. The molecule has 0 N–H and O–H groups in total. The van der Waals surface area contributed by atoms with Gasteiger partial charge in [-0.05, 0) is 43.2 Å². The molecule has 0 radical (unpaired) electrons. The van der Waals surface area contributed by atoms with Gasteiger partial charge in [0, 0.05) is 25.0 Å². The summed E-state index contributed by atoms with van der Waals surface area (Å²) in [7, 11) is 0. The highest BCUT2D eigenvalue weighted by atomic mass is 35.5. The summed E-state index contributed by atoms with van der Waals surface area (Å²) in [6, 6.07) is 5.56. The second-order valence-electron chi connectivity index (χ2n) is 7.13. The van der Waals surface area contributed by atoms with Crippen LogP contribution in [0.25, 0.3) is 6.08 Å². The van der Waals surface area contributed by atoms with Crippen LogP contribution in [0.2, 0.25) is 0 Å². The number of ether oxygens (including phenoxy) is 1. The third-order valence-electron chi connectivity index (χ3n) is 4.89. The number of nitrogens with zero attached hydrogens (tertiary/aromatic N) is 1. The van der Waals surface area contributed by atoms with Crippen molar-refractivity contribution >= 4 is 18.5 Å². The van der Waals surface area contributed by atoms with Gasteiger partial charge in [0.2, 0.25) is 0 Å². The molecule has 28 heavy (non-hydrogen) atoms. The van der Waals surface area contributed by atoms with Crippen molar-refractivity contribution in [1.82, 2.24) is 4.90 Å². The molecule has 0 amide bonds. The molecule has 152 valence electrons. The number of hydrogen-bond acceptors (Lipinski definition) is 2. The molecule has 1 aliphatic carbocycles. The summed E-state index contributed by atoms with van der Waals surface area (Å²) in [5.41, 5.74) is 1.38. The molecule has 1 aliphatic heterocycles. The highest BCUT2D eigenvalue weighted by Gasteiger charge is 2.30. The Balaban J connectivity index is 0.00000280. The van der Waals surface area contributed by atoms with E-state index in [0.717, 1.165) is 24.2 Å². The molecule has 1 heterocycles. The van der Waals surface area contributed by atoms with Crippen LogP contribution < -0.4 is 0 Å². The predicted molar refractivity (Wildman–Crippen MR) is 109 cm³/mol. The van der Waals surface area contributed by atoms with Crippen molar-refractivity contribution in [2.45, 2.75) is 32.2 Å². The maximum Gasteiger partial charge on any atom is 0.416 e. The van der Waals surface area contributed by atoms with Gasteiger partial charge in [-0.3, -0.25) is 4.90 Å². The minimum absolute atomic E-state index is 0. The second kappa shape index (κ2) is 9.48. The minimum atomic E-state index is -4.30. The van der Waals surface area contributed by atoms with E-state index < -0.39 is 11.7 Å². The standard InChI is InChI=1S/C22H24F3NO.ClH/c1-16(2)26(14-18-15-27-21-8-4-3-7-20(18)21)13-5-6-17-9-11-19(12-10-17)22(23,24)25;/h3-12,15-16,20-21H,13-14H2,1-2H3;1H/b6-5+;. The van der Waals surface area contributed by atoms with Gasteiger partial charge in [0.05, 0.1) is 11.8 Å². The highest BCUT2D eigenvalue weighted by Crippen LogP contribution is 2.31. The van der Waals surface area contributed by atoms with E-state index >= 15 is 0 Å². The minimum Gasteiger partial charge on any atom is -0.493 e. The van der Waals surface area contributed by atoms with E-state index in [1.807, 2.05) is 30.6 Å². The first-order chi connectivity index (χ1) is 12.8. The van der Waals surface area contributed by atoms with E-state index in [1.165, 1.54) is 17.7 Å². The Labute approximate surface area is 170 Å². The van der Waals surface area contributed by atoms with Gasteiger partial charge in [0.25, 0.3) is 0 Å². The first-order valence-electron chi connectivity index (χ1n) is 9.12. The van der Waals surface area contributed by atoms with E-state index in [-0.39, 0.29) is 24.4 Å². The Hall–Kier alpha value is -1.98. The van der Waals surface area contributed by atoms with Crippen LogP contribution in [0.4, 0.5) is 13.2 Å². The lowest BCUT2D eigenvalue weighted by molar-refractivity contribution is -0.137. The van der Waals surface area contributed by atoms with E-state index in [4.69, 9.17) is 4.74 Å². The maximum absolute atomic E-state index is 12.6. The number of halogens is 4. The SMILES string of the molecule is CC(C)N(C/C=C/c1ccc(C(F)(F)F)cc1)CC1=COC2C=CC=CC12.Cl. The Bertz CT molecular complexity index is 763. The fourth-order valence-electron chi connectivity index (χ4n) is 3.24. The Morgan fingerprint density at radius 3 is 2.43 bits per heavy atom. The molecule has 6 heteroatoms. The number of allylic oxidation sites excluding steroid dienone is 2. The van der Waals surface area contributed by atoms with Gasteiger partial charge >= 0.3 is 6.18 Å². The fourth-order valence-corrected chi connectivity index (χ4v) is 3.24. The third-order valence-corrected chi connectivity index (χ3v) is 4.89. The normalized spacial score (nSPS) is 21.0. The zero-order valence-electron chi connectivity index (χ0n) is 15.9. The molecule has 2 aliphatic rings. The summed E-state index contributed by atoms with van der Waals surface area (Å²) in [6.07, 6.45) is 9.81. The van der Waals surface area contributed by atoms with Gasteiger partial charge in [0.1, 0.15) is 6.10 Å². The molecule has 2 unspecified atom stereocenters. The average molecular weight is 412 g/mol. The van der Waals surface area contributed by atoms with Crippen LogP contribution in [0.15, 0.2) is 66.5 Å². The molecular formula is C22H25ClF3NO. The lowest BCUT2D eigenvalue weighted by atomic mass is 9.91. The zero-order chi connectivity index (χ0) is 19.4. The number of benzene rings is 1. The molecule has 3 rings (SSSR count). The molecular weight excluding hydrogens is 387 g/mol. The quantitative estimate of drug-likeness (QED) is 0.580. The Kier molecular flexibility index (Phi) is 7.55. The van der Waals surface area contributed by atoms with E-state index in [0.29, 0.717) is 12.6 Å². The third kappa shape index (κ3) is 5.52. The summed E-state index contributed by atoms with van der Waals surface area (Å²) in [4.78, 5) is 2.31. The lowest BCUT2D eigenvalue weighted by Crippen LogP contribution is -2.34. The molecule has 0 bridgehead atoms. The summed E-state index contributed by atoms with van der Waals surface area (Å²) in [6.45, 7) is 5.79. The largest absolute Gasteiger partial charge is 0.493 e. The van der Waals surface area contributed by atoms with Gasteiger partial charge in [-0.2, -0.15) is 13.2 Å². The van der Waals surface area contributed by atoms with Crippen molar-refractivity contribution in [2.75, 3.05) is 13.1 Å². The van der Waals surface area contributed by atoms with Gasteiger partial charge in [-0.1, -0.05) is 42.5 Å². The molecule has 1 aromatic carbocycles. The van der Waals surface area contributed by atoms with E-state index in [1.54, 1.807) is 0 Å². The topological polar surface area (TPSA) is 12.5 Å². The first kappa shape index (κ1) is 22.3. The Morgan fingerprint density at radius 2 is 1.79 bits per heavy atom. The van der Waals surface area contributed by atoms with Gasteiger partial charge in [-0.25, -0.2) is 0 Å². The van der Waals surface area contributed by atoms with Crippen LogP contribution in [-0.4, -0.2) is 30.1 Å². The molecule has 0 aromatic heterocycles. The van der Waals surface area contributed by atoms with Crippen LogP contribution in [0.1, 0.15) is 25.0 Å². The van der Waals surface area contributed by atoms with E-state index in [2.05, 4.69) is 30.9 Å². The van der Waals surface area contributed by atoms with Crippen LogP contribution >= 0.6 is 12.4 Å². The maximum atomic E-state index is 12.6. The molecule has 0 spiro atoms. The van der Waals surface area contributed by atoms with Crippen LogP contribution in [-0.2, 0) is 10.9 Å². The molecule has 2 nitrogen and oxygen atoms in total. The smallest absolute Gasteiger partial charge is 0.416 e. The van der Waals surface area contributed by atoms with Crippen molar-refractivity contribution < 1.29 is 17.9 Å². The summed E-state index contributed by atoms with van der Waals surface area (Å²) in [5, 5.41) is 0. The average Bonchev–Trinajstić information content (AvgIpc) is 3.03. The number of rotatable bonds is 6. The van der Waals surface area contributed by atoms with Crippen LogP contribution in [0, 0.1) is 5.92 Å². The monoisotopic (exact) mass is 411 g/mol. The van der Waals surface area contributed by atoms with Crippen LogP contribution in [0.3, 0.4) is 0 Å². The van der Waals surface area contributed by atoms with Gasteiger partial charge < -0.3 is 4.74 Å². The molecule has 0 saturated heterocycles. The van der Waals surface area contributed by atoms with Crippen molar-refractivity contribution in [3.63, 3.8) is 0 Å². The van der Waals surface area contributed by atoms with Crippen molar-refractivity contribution in [3.05, 3.63) is 77.6 Å². The molecule has 0 saturated carbocycles. The van der Waals surface area contributed by atoms with E-state index in [9.17, 15) is 13.2 Å². The van der Waals surface area contributed by atoms with Crippen molar-refractivity contribution in [3.8, 4) is 0 Å². The van der Waals surface area contributed by atoms with Gasteiger partial charge in [-0.15, -0.1) is 12.4 Å². The fraction of sp³-hybridized carbons (Fsp3) is 0.364. The zero-order valence-corrected chi connectivity index (χ0v) is 16.7. The Morgan fingerprint density at radius 1 is 1.11 bits per heavy atom. The summed E-state index contributed by atoms with van der Waals surface area (Å²) in [5.74, 6) is 0.287. The molecule has 0 fully saturated rings. The number of alkyl halides is 3. The van der Waals surface area contributed by atoms with Crippen molar-refractivity contribution in [1.29, 1.82) is 0 Å².